The lowest BCUT2D eigenvalue weighted by Crippen LogP contribution is -1.91. The van der Waals surface area contributed by atoms with E-state index in [1.807, 2.05) is 7.05 Å². The quantitative estimate of drug-likeness (QED) is 0.450. The van der Waals surface area contributed by atoms with Crippen molar-refractivity contribution in [1.29, 1.82) is 0 Å². The van der Waals surface area contributed by atoms with Crippen molar-refractivity contribution >= 4 is 74.8 Å². The molecule has 3 nitrogen and oxygen atoms in total. The molecule has 2 aromatic rings. The average Bonchev–Trinajstić information content (AvgIpc) is 2.54. The zero-order valence-corrected chi connectivity index (χ0v) is 13.2. The molecule has 0 amide bonds. The molecular weight excluding hydrogens is 446 g/mol. The number of rotatable bonds is 0. The highest BCUT2D eigenvalue weighted by Crippen LogP contribution is 2.42. The van der Waals surface area contributed by atoms with Gasteiger partial charge in [0.15, 0.2) is 0 Å². The van der Waals surface area contributed by atoms with E-state index >= 15 is 0 Å². The van der Waals surface area contributed by atoms with Gasteiger partial charge in [0, 0.05) is 16.0 Å². The second-order valence-electron chi connectivity index (χ2n) is 2.67. The van der Waals surface area contributed by atoms with Crippen molar-refractivity contribution < 1.29 is 0 Å². The van der Waals surface area contributed by atoms with Gasteiger partial charge in [0.2, 0.25) is 0 Å². The van der Waals surface area contributed by atoms with E-state index < -0.39 is 0 Å². The van der Waals surface area contributed by atoms with Crippen LogP contribution < -0.4 is 0 Å². The van der Waals surface area contributed by atoms with Crippen LogP contribution in [0.4, 0.5) is 0 Å². The van der Waals surface area contributed by atoms with Gasteiger partial charge in [0.25, 0.3) is 0 Å². The molecule has 0 saturated heterocycles. The predicted octanol–water partition coefficient (Wildman–Crippen LogP) is 4.02. The first-order valence-corrected chi connectivity index (χ1v) is 6.72. The van der Waals surface area contributed by atoms with Gasteiger partial charge in [-0.25, -0.2) is 4.68 Å². The summed E-state index contributed by atoms with van der Waals surface area (Å²) in [5.74, 6) is 0. The second-order valence-corrected chi connectivity index (χ2v) is 5.84. The summed E-state index contributed by atoms with van der Waals surface area (Å²) in [6.45, 7) is 0. The summed E-state index contributed by atoms with van der Waals surface area (Å²) in [4.78, 5) is 0. The summed E-state index contributed by atoms with van der Waals surface area (Å²) in [7, 11) is 1.85. The van der Waals surface area contributed by atoms with Crippen molar-refractivity contribution in [3.8, 4) is 0 Å². The maximum Gasteiger partial charge on any atom is 0.129 e. The SMILES string of the molecule is Cn1nnc2c(Br)c(Br)c(Br)c(Br)c21. The van der Waals surface area contributed by atoms with Gasteiger partial charge in [-0.15, -0.1) is 5.10 Å². The fourth-order valence-electron chi connectivity index (χ4n) is 1.15. The summed E-state index contributed by atoms with van der Waals surface area (Å²) < 4.78 is 5.44. The monoisotopic (exact) mass is 445 g/mol. The molecule has 0 bridgehead atoms. The topological polar surface area (TPSA) is 30.7 Å². The summed E-state index contributed by atoms with van der Waals surface area (Å²) in [5.41, 5.74) is 1.78. The standard InChI is InChI=1S/C7H3Br4N3/c1-14-7-5(11)3(9)2(8)4(10)6(7)12-13-14/h1H3. The molecule has 7 heteroatoms. The van der Waals surface area contributed by atoms with Crippen LogP contribution in [0, 0.1) is 0 Å². The fourth-order valence-corrected chi connectivity index (χ4v) is 3.56. The van der Waals surface area contributed by atoms with Crippen LogP contribution in [0.15, 0.2) is 17.9 Å². The van der Waals surface area contributed by atoms with Crippen LogP contribution >= 0.6 is 63.7 Å². The fraction of sp³-hybridized carbons (Fsp3) is 0.143. The minimum atomic E-state index is 0.828. The minimum Gasteiger partial charge on any atom is -0.246 e. The van der Waals surface area contributed by atoms with Crippen LogP contribution in [0.2, 0.25) is 0 Å². The molecule has 0 aliphatic heterocycles. The molecule has 0 aliphatic carbocycles. The first-order chi connectivity index (χ1) is 6.54. The van der Waals surface area contributed by atoms with Crippen LogP contribution in [-0.4, -0.2) is 15.0 Å². The van der Waals surface area contributed by atoms with Gasteiger partial charge in [-0.05, 0) is 63.7 Å². The van der Waals surface area contributed by atoms with Gasteiger partial charge < -0.3 is 0 Å². The molecule has 14 heavy (non-hydrogen) atoms. The molecule has 1 aromatic carbocycles. The van der Waals surface area contributed by atoms with Gasteiger partial charge in [-0.3, -0.25) is 0 Å². The van der Waals surface area contributed by atoms with Gasteiger partial charge >= 0.3 is 0 Å². The molecular formula is C7H3Br4N3. The van der Waals surface area contributed by atoms with Gasteiger partial charge in [0.1, 0.15) is 11.0 Å². The Morgan fingerprint density at radius 1 is 0.929 bits per heavy atom. The molecule has 74 valence electrons. The van der Waals surface area contributed by atoms with Gasteiger partial charge in [0.05, 0.1) is 8.95 Å². The van der Waals surface area contributed by atoms with Crippen LogP contribution in [0.25, 0.3) is 11.0 Å². The maximum atomic E-state index is 4.07. The van der Waals surface area contributed by atoms with Crippen molar-refractivity contribution in [3.63, 3.8) is 0 Å². The molecule has 0 atom stereocenters. The maximum absolute atomic E-state index is 4.07. The van der Waals surface area contributed by atoms with E-state index in [-0.39, 0.29) is 0 Å². The largest absolute Gasteiger partial charge is 0.246 e. The first kappa shape index (κ1) is 11.0. The van der Waals surface area contributed by atoms with Crippen molar-refractivity contribution in [3.05, 3.63) is 17.9 Å². The molecule has 2 rings (SSSR count). The van der Waals surface area contributed by atoms with Crippen molar-refractivity contribution in [1.82, 2.24) is 15.0 Å². The number of hydrogen-bond acceptors (Lipinski definition) is 2. The Hall–Kier alpha value is 0.540. The van der Waals surface area contributed by atoms with Crippen molar-refractivity contribution in [2.75, 3.05) is 0 Å². The molecule has 0 fully saturated rings. The first-order valence-electron chi connectivity index (χ1n) is 3.55. The number of aromatic nitrogens is 3. The summed E-state index contributed by atoms with van der Waals surface area (Å²) in [6, 6.07) is 0. The third-order valence-corrected chi connectivity index (χ3v) is 6.55. The lowest BCUT2D eigenvalue weighted by molar-refractivity contribution is 0.735. The molecule has 1 heterocycles. The van der Waals surface area contributed by atoms with E-state index in [2.05, 4.69) is 74.0 Å². The van der Waals surface area contributed by atoms with Crippen LogP contribution in [0.5, 0.6) is 0 Å². The molecule has 0 radical (unpaired) electrons. The highest BCUT2D eigenvalue weighted by molar-refractivity contribution is 9.15. The van der Waals surface area contributed by atoms with Crippen LogP contribution in [0.1, 0.15) is 0 Å². The number of fused-ring (bicyclic) bond motifs is 1. The van der Waals surface area contributed by atoms with Crippen LogP contribution in [0.3, 0.4) is 0 Å². The Kier molecular flexibility index (Phi) is 3.03. The van der Waals surface area contributed by atoms with Crippen LogP contribution in [-0.2, 0) is 7.05 Å². The smallest absolute Gasteiger partial charge is 0.129 e. The third kappa shape index (κ3) is 1.48. The summed E-state index contributed by atoms with van der Waals surface area (Å²) >= 11 is 13.9. The minimum absolute atomic E-state index is 0.828. The van der Waals surface area contributed by atoms with Crippen molar-refractivity contribution in [2.45, 2.75) is 0 Å². The third-order valence-electron chi connectivity index (χ3n) is 1.82. The molecule has 0 spiro atoms. The number of nitrogens with zero attached hydrogens (tertiary/aromatic N) is 3. The Labute approximate surface area is 114 Å². The van der Waals surface area contributed by atoms with E-state index in [0.717, 1.165) is 28.9 Å². The lowest BCUT2D eigenvalue weighted by Gasteiger charge is -2.04. The summed E-state index contributed by atoms with van der Waals surface area (Å²) in [5, 5.41) is 8.03. The zero-order chi connectivity index (χ0) is 10.5. The normalized spacial score (nSPS) is 11.2. The molecule has 0 saturated carbocycles. The van der Waals surface area contributed by atoms with E-state index in [0.29, 0.717) is 0 Å². The highest BCUT2D eigenvalue weighted by atomic mass is 79.9. The van der Waals surface area contributed by atoms with Gasteiger partial charge in [-0.2, -0.15) is 0 Å². The van der Waals surface area contributed by atoms with E-state index in [9.17, 15) is 0 Å². The lowest BCUT2D eigenvalue weighted by atomic mass is 10.3. The predicted molar refractivity (Wildman–Crippen MR) is 69.3 cm³/mol. The number of halogens is 4. The Morgan fingerprint density at radius 3 is 2.14 bits per heavy atom. The Bertz CT molecular complexity index is 519. The molecule has 1 aromatic heterocycles. The molecule has 0 N–H and O–H groups in total. The second kappa shape index (κ2) is 3.84. The van der Waals surface area contributed by atoms with E-state index in [4.69, 9.17) is 0 Å². The van der Waals surface area contributed by atoms with Crippen molar-refractivity contribution in [2.24, 2.45) is 7.05 Å². The number of benzene rings is 1. The number of aryl methyl sites for hydroxylation is 1. The Morgan fingerprint density at radius 2 is 1.50 bits per heavy atom. The van der Waals surface area contributed by atoms with E-state index in [1.165, 1.54) is 0 Å². The molecule has 0 aliphatic rings. The summed E-state index contributed by atoms with van der Waals surface area (Å²) in [6.07, 6.45) is 0. The average molecular weight is 449 g/mol. The number of hydrogen-bond donors (Lipinski definition) is 0. The molecule has 0 unspecified atom stereocenters. The zero-order valence-electron chi connectivity index (χ0n) is 6.85. The van der Waals surface area contributed by atoms with Gasteiger partial charge in [-0.1, -0.05) is 5.21 Å². The Balaban J connectivity index is 3.05. The van der Waals surface area contributed by atoms with E-state index in [1.54, 1.807) is 4.68 Å². The highest BCUT2D eigenvalue weighted by Gasteiger charge is 2.17.